The van der Waals surface area contributed by atoms with Crippen LogP contribution in [-0.2, 0) is 17.7 Å². The third-order valence-electron chi connectivity index (χ3n) is 5.74. The van der Waals surface area contributed by atoms with E-state index in [1.54, 1.807) is 18.6 Å². The molecule has 0 aliphatic carbocycles. The van der Waals surface area contributed by atoms with Crippen molar-refractivity contribution < 1.29 is 9.53 Å². The molecule has 1 aromatic carbocycles. The summed E-state index contributed by atoms with van der Waals surface area (Å²) in [5.41, 5.74) is 3.20. The van der Waals surface area contributed by atoms with E-state index in [1.165, 1.54) is 11.1 Å². The smallest absolute Gasteiger partial charge is 0.274 e. The number of amides is 1. The minimum Gasteiger partial charge on any atom is -0.379 e. The summed E-state index contributed by atoms with van der Waals surface area (Å²) in [6, 6.07) is 9.06. The van der Waals surface area contributed by atoms with E-state index < -0.39 is 0 Å². The van der Waals surface area contributed by atoms with Gasteiger partial charge in [-0.15, -0.1) is 0 Å². The number of benzene rings is 1. The molecule has 2 aliphatic rings. The first-order valence-electron chi connectivity index (χ1n) is 10.2. The van der Waals surface area contributed by atoms with E-state index in [2.05, 4.69) is 39.1 Å². The van der Waals surface area contributed by atoms with E-state index >= 15 is 0 Å². The molecule has 6 heteroatoms. The first-order valence-corrected chi connectivity index (χ1v) is 10.2. The summed E-state index contributed by atoms with van der Waals surface area (Å²) in [4.78, 5) is 25.0. The van der Waals surface area contributed by atoms with Gasteiger partial charge in [-0.1, -0.05) is 24.3 Å². The highest BCUT2D eigenvalue weighted by Gasteiger charge is 2.24. The second-order valence-corrected chi connectivity index (χ2v) is 7.74. The van der Waals surface area contributed by atoms with Crippen LogP contribution in [0.3, 0.4) is 0 Å². The van der Waals surface area contributed by atoms with Crippen molar-refractivity contribution in [2.75, 3.05) is 39.4 Å². The minimum absolute atomic E-state index is 0.000911. The molecule has 28 heavy (non-hydrogen) atoms. The molecule has 6 nitrogen and oxygen atoms in total. The van der Waals surface area contributed by atoms with Gasteiger partial charge < -0.3 is 9.64 Å². The fourth-order valence-corrected chi connectivity index (χ4v) is 4.04. The number of hydrogen-bond acceptors (Lipinski definition) is 5. The number of hydrogen-bond donors (Lipinski definition) is 0. The summed E-state index contributed by atoms with van der Waals surface area (Å²) in [6.45, 7) is 6.34. The molecule has 0 N–H and O–H groups in total. The van der Waals surface area contributed by atoms with Gasteiger partial charge in [-0.05, 0) is 36.3 Å². The van der Waals surface area contributed by atoms with Crippen LogP contribution in [0.4, 0.5) is 0 Å². The summed E-state index contributed by atoms with van der Waals surface area (Å²) < 4.78 is 5.42. The van der Waals surface area contributed by atoms with Crippen LogP contribution >= 0.6 is 0 Å². The van der Waals surface area contributed by atoms with Crippen LogP contribution in [0.25, 0.3) is 0 Å². The summed E-state index contributed by atoms with van der Waals surface area (Å²) in [7, 11) is 0. The van der Waals surface area contributed by atoms with Crippen molar-refractivity contribution in [1.29, 1.82) is 0 Å². The average Bonchev–Trinajstić information content (AvgIpc) is 2.76. The summed E-state index contributed by atoms with van der Waals surface area (Å²) in [5, 5.41) is 0. The predicted octanol–water partition coefficient (Wildman–Crippen LogP) is 2.40. The van der Waals surface area contributed by atoms with Crippen LogP contribution in [0.15, 0.2) is 42.9 Å². The Morgan fingerprint density at radius 2 is 1.71 bits per heavy atom. The van der Waals surface area contributed by atoms with E-state index in [9.17, 15) is 4.79 Å². The van der Waals surface area contributed by atoms with Crippen molar-refractivity contribution in [1.82, 2.24) is 19.8 Å². The largest absolute Gasteiger partial charge is 0.379 e. The van der Waals surface area contributed by atoms with Gasteiger partial charge in [0.05, 0.1) is 19.4 Å². The third-order valence-corrected chi connectivity index (χ3v) is 5.74. The number of piperidine rings is 1. The van der Waals surface area contributed by atoms with Crippen LogP contribution in [0.5, 0.6) is 0 Å². The number of carbonyl (C=O) groups is 1. The molecule has 148 valence electrons. The van der Waals surface area contributed by atoms with Gasteiger partial charge >= 0.3 is 0 Å². The lowest BCUT2D eigenvalue weighted by atomic mass is 9.90. The highest BCUT2D eigenvalue weighted by molar-refractivity contribution is 5.92. The highest BCUT2D eigenvalue weighted by Crippen LogP contribution is 2.23. The SMILES string of the molecule is O=C(c1cnccn1)N1CCC(Cc2ccc(CN3CCOCC3)cc2)CC1. The molecule has 4 rings (SSSR count). The molecule has 0 spiro atoms. The first kappa shape index (κ1) is 19.0. The van der Waals surface area contributed by atoms with Gasteiger partial charge in [-0.25, -0.2) is 4.98 Å². The number of carbonyl (C=O) groups excluding carboxylic acids is 1. The number of aromatic nitrogens is 2. The predicted molar refractivity (Wildman–Crippen MR) is 107 cm³/mol. The van der Waals surface area contributed by atoms with Crippen molar-refractivity contribution in [2.45, 2.75) is 25.8 Å². The Labute approximate surface area is 166 Å². The maximum atomic E-state index is 12.5. The maximum absolute atomic E-state index is 12.5. The second kappa shape index (κ2) is 9.26. The van der Waals surface area contributed by atoms with Crippen molar-refractivity contribution in [3.8, 4) is 0 Å². The minimum atomic E-state index is -0.000911. The lowest BCUT2D eigenvalue weighted by molar-refractivity contribution is 0.0342. The zero-order valence-electron chi connectivity index (χ0n) is 16.3. The highest BCUT2D eigenvalue weighted by atomic mass is 16.5. The zero-order chi connectivity index (χ0) is 19.2. The van der Waals surface area contributed by atoms with Gasteiger partial charge in [0.1, 0.15) is 5.69 Å². The quantitative estimate of drug-likeness (QED) is 0.797. The van der Waals surface area contributed by atoms with Crippen LogP contribution in [0.2, 0.25) is 0 Å². The van der Waals surface area contributed by atoms with Gasteiger partial charge in [0.25, 0.3) is 5.91 Å². The molecule has 1 aromatic heterocycles. The molecule has 0 bridgehead atoms. The van der Waals surface area contributed by atoms with Crippen molar-refractivity contribution in [2.24, 2.45) is 5.92 Å². The lowest BCUT2D eigenvalue weighted by Crippen LogP contribution is -2.39. The fraction of sp³-hybridized carbons (Fsp3) is 0.500. The van der Waals surface area contributed by atoms with E-state index in [0.29, 0.717) is 11.6 Å². The monoisotopic (exact) mass is 380 g/mol. The second-order valence-electron chi connectivity index (χ2n) is 7.74. The number of rotatable bonds is 5. The molecular weight excluding hydrogens is 352 g/mol. The van der Waals surface area contributed by atoms with E-state index in [4.69, 9.17) is 4.74 Å². The van der Waals surface area contributed by atoms with E-state index in [1.807, 2.05) is 4.90 Å². The Morgan fingerprint density at radius 3 is 2.39 bits per heavy atom. The number of morpholine rings is 1. The van der Waals surface area contributed by atoms with E-state index in [-0.39, 0.29) is 5.91 Å². The average molecular weight is 380 g/mol. The molecule has 0 saturated carbocycles. The summed E-state index contributed by atoms with van der Waals surface area (Å²) in [6.07, 6.45) is 7.89. The van der Waals surface area contributed by atoms with Crippen LogP contribution < -0.4 is 0 Å². The topological polar surface area (TPSA) is 58.6 Å². The first-order chi connectivity index (χ1) is 13.8. The van der Waals surface area contributed by atoms with Crippen LogP contribution in [0, 0.1) is 5.92 Å². The van der Waals surface area contributed by atoms with Crippen molar-refractivity contribution in [3.05, 3.63) is 59.7 Å². The van der Waals surface area contributed by atoms with Gasteiger partial charge in [0.2, 0.25) is 0 Å². The Kier molecular flexibility index (Phi) is 6.29. The number of nitrogens with zero attached hydrogens (tertiary/aromatic N) is 4. The van der Waals surface area contributed by atoms with Gasteiger partial charge in [-0.2, -0.15) is 0 Å². The molecule has 2 fully saturated rings. The normalized spacial score (nSPS) is 18.9. The number of ether oxygens (including phenoxy) is 1. The van der Waals surface area contributed by atoms with Crippen molar-refractivity contribution in [3.63, 3.8) is 0 Å². The molecule has 1 amide bonds. The third kappa shape index (κ3) is 4.94. The van der Waals surface area contributed by atoms with Gasteiger partial charge in [0.15, 0.2) is 0 Å². The lowest BCUT2D eigenvalue weighted by Gasteiger charge is -2.32. The zero-order valence-corrected chi connectivity index (χ0v) is 16.3. The fourth-order valence-electron chi connectivity index (χ4n) is 4.04. The molecule has 0 atom stereocenters. The number of likely N-dealkylation sites (tertiary alicyclic amines) is 1. The Morgan fingerprint density at radius 1 is 1.00 bits per heavy atom. The van der Waals surface area contributed by atoms with Gasteiger partial charge in [-0.3, -0.25) is 14.7 Å². The summed E-state index contributed by atoms with van der Waals surface area (Å²) in [5.74, 6) is 0.634. The molecule has 2 saturated heterocycles. The van der Waals surface area contributed by atoms with E-state index in [0.717, 1.165) is 65.2 Å². The maximum Gasteiger partial charge on any atom is 0.274 e. The molecule has 3 heterocycles. The van der Waals surface area contributed by atoms with Crippen molar-refractivity contribution >= 4 is 5.91 Å². The molecular formula is C22H28N4O2. The summed E-state index contributed by atoms with van der Waals surface area (Å²) >= 11 is 0. The molecule has 0 radical (unpaired) electrons. The van der Waals surface area contributed by atoms with Gasteiger partial charge in [0, 0.05) is 45.1 Å². The Balaban J connectivity index is 1.25. The standard InChI is InChI=1S/C22H28N4O2/c27-22(21-16-23-7-8-24-21)26-9-5-19(6-10-26)15-18-1-3-20(4-2-18)17-25-11-13-28-14-12-25/h1-4,7-8,16,19H,5-6,9-15,17H2. The van der Waals surface area contributed by atoms with Crippen LogP contribution in [0.1, 0.15) is 34.5 Å². The Hall–Kier alpha value is -2.31. The molecule has 2 aliphatic heterocycles. The molecule has 0 unspecified atom stereocenters. The van der Waals surface area contributed by atoms with Crippen LogP contribution in [-0.4, -0.2) is 65.1 Å². The molecule has 2 aromatic rings. The Bertz CT molecular complexity index is 752.